The Balaban J connectivity index is 1.46. The van der Waals surface area contributed by atoms with E-state index in [9.17, 15) is 9.18 Å². The van der Waals surface area contributed by atoms with Gasteiger partial charge >= 0.3 is 0 Å². The summed E-state index contributed by atoms with van der Waals surface area (Å²) in [5.41, 5.74) is 8.20. The van der Waals surface area contributed by atoms with E-state index >= 15 is 0 Å². The third kappa shape index (κ3) is 4.24. The van der Waals surface area contributed by atoms with Crippen molar-refractivity contribution < 1.29 is 13.6 Å². The predicted molar refractivity (Wildman–Crippen MR) is 123 cm³/mol. The smallest absolute Gasteiger partial charge is 0.255 e. The number of halogens is 1. The van der Waals surface area contributed by atoms with E-state index in [-0.39, 0.29) is 35.6 Å². The van der Waals surface area contributed by atoms with Crippen LogP contribution >= 0.6 is 0 Å². The number of nitrogens with one attached hydrogen (secondary N) is 1. The Bertz CT molecular complexity index is 1450. The van der Waals surface area contributed by atoms with E-state index in [2.05, 4.69) is 25.4 Å². The predicted octanol–water partition coefficient (Wildman–Crippen LogP) is 4.02. The highest BCUT2D eigenvalue weighted by Crippen LogP contribution is 2.26. The van der Waals surface area contributed by atoms with Gasteiger partial charge in [0, 0.05) is 17.2 Å². The Kier molecular flexibility index (Phi) is 5.53. The fraction of sp³-hybridized carbons (Fsp3) is 0.0417. The van der Waals surface area contributed by atoms with Gasteiger partial charge in [-0.3, -0.25) is 9.48 Å². The quantitative estimate of drug-likeness (QED) is 0.396. The van der Waals surface area contributed by atoms with Crippen molar-refractivity contribution in [2.24, 2.45) is 0 Å². The van der Waals surface area contributed by atoms with E-state index in [1.54, 1.807) is 53.2 Å². The summed E-state index contributed by atoms with van der Waals surface area (Å²) in [6.07, 6.45) is 4.36. The number of rotatable bonds is 6. The van der Waals surface area contributed by atoms with Gasteiger partial charge in [0.2, 0.25) is 5.89 Å². The molecule has 0 bridgehead atoms. The summed E-state index contributed by atoms with van der Waals surface area (Å²) in [5.74, 6) is -0.0541. The maximum absolute atomic E-state index is 14.2. The number of nitrogen functional groups attached to an aromatic ring is 1. The Morgan fingerprint density at radius 3 is 2.62 bits per heavy atom. The number of carbonyl (C=O) groups is 1. The van der Waals surface area contributed by atoms with Gasteiger partial charge in [-0.2, -0.15) is 5.10 Å². The Morgan fingerprint density at radius 1 is 1.09 bits per heavy atom. The molecule has 5 aromatic rings. The normalized spacial score (nSPS) is 10.9. The molecule has 0 radical (unpaired) electrons. The summed E-state index contributed by atoms with van der Waals surface area (Å²) >= 11 is 0. The fourth-order valence-corrected chi connectivity index (χ4v) is 3.36. The molecular weight excluding hydrogens is 437 g/mol. The summed E-state index contributed by atoms with van der Waals surface area (Å²) in [5, 5.41) is 7.24. The second kappa shape index (κ2) is 8.94. The number of anilines is 2. The molecule has 3 aromatic heterocycles. The monoisotopic (exact) mass is 455 g/mol. The van der Waals surface area contributed by atoms with E-state index in [4.69, 9.17) is 10.2 Å². The summed E-state index contributed by atoms with van der Waals surface area (Å²) in [6, 6.07) is 16.8. The Morgan fingerprint density at radius 2 is 1.88 bits per heavy atom. The van der Waals surface area contributed by atoms with E-state index in [0.717, 1.165) is 0 Å². The van der Waals surface area contributed by atoms with E-state index in [1.807, 2.05) is 6.07 Å². The first-order chi connectivity index (χ1) is 16.6. The average Bonchev–Trinajstić information content (AvgIpc) is 3.52. The van der Waals surface area contributed by atoms with Crippen LogP contribution in [0.25, 0.3) is 23.1 Å². The zero-order chi connectivity index (χ0) is 23.5. The van der Waals surface area contributed by atoms with E-state index < -0.39 is 0 Å². The lowest BCUT2D eigenvalue weighted by Crippen LogP contribution is -2.14. The van der Waals surface area contributed by atoms with Gasteiger partial charge < -0.3 is 15.5 Å². The van der Waals surface area contributed by atoms with Gasteiger partial charge in [0.15, 0.2) is 11.6 Å². The van der Waals surface area contributed by atoms with Crippen molar-refractivity contribution in [3.8, 4) is 23.1 Å². The van der Waals surface area contributed by atoms with Crippen molar-refractivity contribution in [3.63, 3.8) is 0 Å². The van der Waals surface area contributed by atoms with Gasteiger partial charge in [-0.15, -0.1) is 0 Å². The molecule has 0 fully saturated rings. The van der Waals surface area contributed by atoms with Crippen molar-refractivity contribution >= 4 is 17.4 Å². The SMILES string of the molecule is Nc1nc(-c2cc(-c3ncco3)n(Cc3ccccc3F)n2)ncc1NC(=O)c1ccccc1. The van der Waals surface area contributed by atoms with Crippen molar-refractivity contribution in [1.82, 2.24) is 24.7 Å². The fourth-order valence-electron chi connectivity index (χ4n) is 3.36. The largest absolute Gasteiger partial charge is 0.443 e. The summed E-state index contributed by atoms with van der Waals surface area (Å²) < 4.78 is 21.2. The number of hydrogen-bond acceptors (Lipinski definition) is 7. The zero-order valence-electron chi connectivity index (χ0n) is 17.7. The molecule has 0 aliphatic carbocycles. The third-order valence-corrected chi connectivity index (χ3v) is 5.04. The molecule has 34 heavy (non-hydrogen) atoms. The summed E-state index contributed by atoms with van der Waals surface area (Å²) in [4.78, 5) is 25.2. The molecule has 0 aliphatic rings. The van der Waals surface area contributed by atoms with Crippen LogP contribution in [0.1, 0.15) is 15.9 Å². The van der Waals surface area contributed by atoms with Crippen LogP contribution < -0.4 is 11.1 Å². The minimum absolute atomic E-state index is 0.0793. The zero-order valence-corrected chi connectivity index (χ0v) is 17.7. The number of hydrogen-bond donors (Lipinski definition) is 2. The Hall–Kier alpha value is -4.86. The van der Waals surface area contributed by atoms with Gasteiger partial charge in [-0.1, -0.05) is 36.4 Å². The molecule has 0 unspecified atom stereocenters. The van der Waals surface area contributed by atoms with E-state index in [1.165, 1.54) is 24.7 Å². The second-order valence-electron chi connectivity index (χ2n) is 7.31. The number of nitrogens with two attached hydrogens (primary N) is 1. The molecule has 0 saturated heterocycles. The van der Waals surface area contributed by atoms with Crippen molar-refractivity contribution in [2.45, 2.75) is 6.54 Å². The van der Waals surface area contributed by atoms with Crippen LogP contribution in [0, 0.1) is 5.82 Å². The third-order valence-electron chi connectivity index (χ3n) is 5.04. The van der Waals surface area contributed by atoms with Gasteiger partial charge in [0.05, 0.1) is 18.9 Å². The van der Waals surface area contributed by atoms with Crippen LogP contribution in [0.15, 0.2) is 83.7 Å². The highest BCUT2D eigenvalue weighted by atomic mass is 19.1. The Labute approximate surface area is 193 Å². The minimum atomic E-state index is -0.350. The van der Waals surface area contributed by atoms with E-state index in [0.29, 0.717) is 28.4 Å². The minimum Gasteiger partial charge on any atom is -0.443 e. The topological polar surface area (TPSA) is 125 Å². The van der Waals surface area contributed by atoms with Crippen LogP contribution in [0.3, 0.4) is 0 Å². The standard InChI is InChI=1S/C24H18FN7O2/c25-17-9-5-4-8-16(17)14-32-20(24-27-10-11-34-24)12-18(31-32)22-28-13-19(21(26)30-22)29-23(33)15-6-2-1-3-7-15/h1-13H,14H2,(H,29,33)(H2,26,28,30). The first-order valence-corrected chi connectivity index (χ1v) is 10.3. The lowest BCUT2D eigenvalue weighted by molar-refractivity contribution is 0.102. The summed E-state index contributed by atoms with van der Waals surface area (Å²) in [7, 11) is 0. The van der Waals surface area contributed by atoms with Gasteiger partial charge in [0.25, 0.3) is 5.91 Å². The molecule has 168 valence electrons. The number of oxazole rings is 1. The first kappa shape index (κ1) is 21.0. The summed E-state index contributed by atoms with van der Waals surface area (Å²) in [6.45, 7) is 0.144. The second-order valence-corrected chi connectivity index (χ2v) is 7.31. The molecule has 3 heterocycles. The molecule has 1 amide bonds. The number of nitrogens with zero attached hydrogens (tertiary/aromatic N) is 5. The number of aromatic nitrogens is 5. The van der Waals surface area contributed by atoms with Crippen molar-refractivity contribution in [1.29, 1.82) is 0 Å². The van der Waals surface area contributed by atoms with Crippen LogP contribution in [0.2, 0.25) is 0 Å². The molecule has 2 aromatic carbocycles. The number of benzene rings is 2. The molecule has 3 N–H and O–H groups in total. The van der Waals surface area contributed by atoms with Crippen LogP contribution in [-0.2, 0) is 6.54 Å². The highest BCUT2D eigenvalue weighted by molar-refractivity contribution is 6.05. The lowest BCUT2D eigenvalue weighted by atomic mass is 10.2. The molecule has 10 heteroatoms. The number of carbonyl (C=O) groups excluding carboxylic acids is 1. The van der Waals surface area contributed by atoms with Gasteiger partial charge in [-0.05, 0) is 18.2 Å². The van der Waals surface area contributed by atoms with Crippen molar-refractivity contribution in [2.75, 3.05) is 11.1 Å². The highest BCUT2D eigenvalue weighted by Gasteiger charge is 2.19. The maximum atomic E-state index is 14.2. The van der Waals surface area contributed by atoms with Crippen molar-refractivity contribution in [3.05, 3.63) is 96.3 Å². The maximum Gasteiger partial charge on any atom is 0.255 e. The molecule has 9 nitrogen and oxygen atoms in total. The van der Waals surface area contributed by atoms with Gasteiger partial charge in [0.1, 0.15) is 29.2 Å². The lowest BCUT2D eigenvalue weighted by Gasteiger charge is -2.08. The molecule has 5 rings (SSSR count). The molecule has 0 saturated carbocycles. The first-order valence-electron chi connectivity index (χ1n) is 10.3. The van der Waals surface area contributed by atoms with Crippen LogP contribution in [0.5, 0.6) is 0 Å². The molecule has 0 atom stereocenters. The number of amides is 1. The van der Waals surface area contributed by atoms with Gasteiger partial charge in [-0.25, -0.2) is 19.3 Å². The molecular formula is C24H18FN7O2. The average molecular weight is 455 g/mol. The molecule has 0 spiro atoms. The molecule has 0 aliphatic heterocycles. The van der Waals surface area contributed by atoms with Crippen LogP contribution in [0.4, 0.5) is 15.9 Å². The van der Waals surface area contributed by atoms with Crippen LogP contribution in [-0.4, -0.2) is 30.6 Å².